The van der Waals surface area contributed by atoms with Crippen LogP contribution in [0.3, 0.4) is 0 Å². The maximum Gasteiger partial charge on any atom is 0.290 e. The van der Waals surface area contributed by atoms with Crippen molar-refractivity contribution in [2.75, 3.05) is 13.2 Å². The van der Waals surface area contributed by atoms with E-state index < -0.39 is 0 Å². The molecule has 1 N–H and O–H groups in total. The molecule has 2 aromatic rings. The summed E-state index contributed by atoms with van der Waals surface area (Å²) >= 11 is 5.88. The molecule has 0 bridgehead atoms. The minimum atomic E-state index is -0.281. The lowest BCUT2D eigenvalue weighted by molar-refractivity contribution is 0.0831. The Morgan fingerprint density at radius 1 is 1.36 bits per heavy atom. The molecule has 1 fully saturated rings. The Kier molecular flexibility index (Phi) is 4.65. The smallest absolute Gasteiger partial charge is 0.290 e. The topological polar surface area (TPSA) is 60.7 Å². The summed E-state index contributed by atoms with van der Waals surface area (Å²) in [6, 6.07) is 10.1. The van der Waals surface area contributed by atoms with Gasteiger partial charge in [0.05, 0.1) is 6.10 Å². The van der Waals surface area contributed by atoms with Crippen LogP contribution in [0.15, 0.2) is 40.8 Å². The van der Waals surface area contributed by atoms with Crippen molar-refractivity contribution in [1.82, 2.24) is 5.32 Å². The summed E-state index contributed by atoms with van der Waals surface area (Å²) in [4.78, 5) is 12.0. The van der Waals surface area contributed by atoms with Gasteiger partial charge in [0.2, 0.25) is 0 Å². The van der Waals surface area contributed by atoms with Crippen LogP contribution in [-0.4, -0.2) is 25.2 Å². The average molecular weight is 322 g/mol. The van der Waals surface area contributed by atoms with E-state index in [1.54, 1.807) is 36.4 Å². The molecule has 5 nitrogen and oxygen atoms in total. The van der Waals surface area contributed by atoms with Crippen molar-refractivity contribution in [1.29, 1.82) is 0 Å². The quantitative estimate of drug-likeness (QED) is 0.913. The molecule has 0 unspecified atom stereocenters. The van der Waals surface area contributed by atoms with Gasteiger partial charge in [-0.05, 0) is 37.1 Å². The van der Waals surface area contributed by atoms with E-state index in [-0.39, 0.29) is 23.7 Å². The van der Waals surface area contributed by atoms with Crippen molar-refractivity contribution in [2.24, 2.45) is 0 Å². The van der Waals surface area contributed by atoms with Crippen LogP contribution in [0.5, 0.6) is 11.7 Å². The van der Waals surface area contributed by atoms with Crippen LogP contribution in [0.2, 0.25) is 5.02 Å². The highest BCUT2D eigenvalue weighted by Gasteiger charge is 2.18. The van der Waals surface area contributed by atoms with Gasteiger partial charge in [0.25, 0.3) is 11.9 Å². The first-order valence-electron chi connectivity index (χ1n) is 7.14. The Morgan fingerprint density at radius 3 is 3.05 bits per heavy atom. The number of nitrogens with one attached hydrogen (secondary N) is 1. The number of halogens is 1. The first-order valence-corrected chi connectivity index (χ1v) is 7.51. The first-order chi connectivity index (χ1) is 10.7. The summed E-state index contributed by atoms with van der Waals surface area (Å²) in [6.45, 7) is 1.25. The molecule has 1 aliphatic heterocycles. The second-order valence-electron chi connectivity index (χ2n) is 5.02. The van der Waals surface area contributed by atoms with Gasteiger partial charge in [-0.3, -0.25) is 4.79 Å². The minimum Gasteiger partial charge on any atom is -0.426 e. The van der Waals surface area contributed by atoms with E-state index >= 15 is 0 Å². The number of benzene rings is 1. The average Bonchev–Trinajstić information content (AvgIpc) is 3.16. The van der Waals surface area contributed by atoms with Crippen LogP contribution < -0.4 is 10.1 Å². The Bertz CT molecular complexity index is 649. The molecule has 6 heteroatoms. The predicted octanol–water partition coefficient (Wildman–Crippen LogP) is 3.63. The first kappa shape index (κ1) is 14.9. The highest BCUT2D eigenvalue weighted by Crippen LogP contribution is 2.25. The maximum atomic E-state index is 12.0. The number of carbonyl (C=O) groups is 1. The zero-order valence-electron chi connectivity index (χ0n) is 11.9. The van der Waals surface area contributed by atoms with Gasteiger partial charge in [0, 0.05) is 24.2 Å². The number of hydrogen-bond donors (Lipinski definition) is 1. The molecule has 0 aliphatic carbocycles. The Balaban J connectivity index is 1.57. The van der Waals surface area contributed by atoms with Gasteiger partial charge in [0.1, 0.15) is 5.75 Å². The molecule has 1 aromatic carbocycles. The number of rotatable bonds is 5. The van der Waals surface area contributed by atoms with E-state index in [9.17, 15) is 4.79 Å². The van der Waals surface area contributed by atoms with E-state index in [1.165, 1.54) is 0 Å². The van der Waals surface area contributed by atoms with Crippen molar-refractivity contribution in [3.63, 3.8) is 0 Å². The zero-order valence-corrected chi connectivity index (χ0v) is 12.6. The van der Waals surface area contributed by atoms with E-state index in [0.717, 1.165) is 19.4 Å². The molecule has 1 aromatic heterocycles. The van der Waals surface area contributed by atoms with Crippen molar-refractivity contribution < 1.29 is 18.7 Å². The van der Waals surface area contributed by atoms with Crippen LogP contribution in [0.4, 0.5) is 0 Å². The highest BCUT2D eigenvalue weighted by molar-refractivity contribution is 6.30. The lowest BCUT2D eigenvalue weighted by Gasteiger charge is -2.09. The third kappa shape index (κ3) is 3.81. The van der Waals surface area contributed by atoms with Crippen molar-refractivity contribution in [2.45, 2.75) is 18.9 Å². The monoisotopic (exact) mass is 321 g/mol. The maximum absolute atomic E-state index is 12.0. The molecule has 1 aliphatic rings. The van der Waals surface area contributed by atoms with Crippen LogP contribution in [-0.2, 0) is 4.74 Å². The van der Waals surface area contributed by atoms with Gasteiger partial charge in [0.15, 0.2) is 5.76 Å². The lowest BCUT2D eigenvalue weighted by atomic mass is 10.2. The molecule has 1 amide bonds. The van der Waals surface area contributed by atoms with Gasteiger partial charge in [-0.2, -0.15) is 0 Å². The molecule has 1 atom stereocenters. The highest BCUT2D eigenvalue weighted by atomic mass is 35.5. The van der Waals surface area contributed by atoms with E-state index in [1.807, 2.05) is 0 Å². The molecule has 3 rings (SSSR count). The van der Waals surface area contributed by atoms with Crippen LogP contribution in [0, 0.1) is 0 Å². The molecule has 2 heterocycles. The zero-order chi connectivity index (χ0) is 15.4. The fraction of sp³-hybridized carbons (Fsp3) is 0.312. The second-order valence-corrected chi connectivity index (χ2v) is 5.46. The minimum absolute atomic E-state index is 0.0982. The van der Waals surface area contributed by atoms with Gasteiger partial charge >= 0.3 is 0 Å². The van der Waals surface area contributed by atoms with Gasteiger partial charge in [-0.25, -0.2) is 0 Å². The van der Waals surface area contributed by atoms with Crippen LogP contribution in [0.1, 0.15) is 23.4 Å². The number of amides is 1. The molecule has 22 heavy (non-hydrogen) atoms. The number of furan rings is 1. The van der Waals surface area contributed by atoms with Gasteiger partial charge in [-0.15, -0.1) is 0 Å². The molecular weight excluding hydrogens is 306 g/mol. The molecule has 0 radical (unpaired) electrons. The normalized spacial score (nSPS) is 17.4. The molecular formula is C16H16ClNO4. The van der Waals surface area contributed by atoms with E-state index in [2.05, 4.69) is 5.32 Å². The van der Waals surface area contributed by atoms with Crippen molar-refractivity contribution in [3.05, 3.63) is 47.2 Å². The van der Waals surface area contributed by atoms with E-state index in [4.69, 9.17) is 25.5 Å². The standard InChI is InChI=1S/C16H16ClNO4/c17-11-3-1-4-12(9-11)21-15-7-6-14(22-15)16(19)18-10-13-5-2-8-20-13/h1,3-4,6-7,9,13H,2,5,8,10H2,(H,18,19)/t13-/m0/s1. The summed E-state index contributed by atoms with van der Waals surface area (Å²) in [5.41, 5.74) is 0. The van der Waals surface area contributed by atoms with Crippen LogP contribution >= 0.6 is 11.6 Å². The predicted molar refractivity (Wildman–Crippen MR) is 81.5 cm³/mol. The Labute approximate surface area is 133 Å². The summed E-state index contributed by atoms with van der Waals surface area (Å²) in [5.74, 6) is 0.712. The largest absolute Gasteiger partial charge is 0.426 e. The number of ether oxygens (including phenoxy) is 2. The molecule has 0 spiro atoms. The van der Waals surface area contributed by atoms with Gasteiger partial charge < -0.3 is 19.2 Å². The summed E-state index contributed by atoms with van der Waals surface area (Å²) in [7, 11) is 0. The number of carbonyl (C=O) groups excluding carboxylic acids is 1. The van der Waals surface area contributed by atoms with Crippen LogP contribution in [0.25, 0.3) is 0 Å². The fourth-order valence-electron chi connectivity index (χ4n) is 2.24. The molecule has 0 saturated carbocycles. The van der Waals surface area contributed by atoms with Crippen molar-refractivity contribution in [3.8, 4) is 11.7 Å². The third-order valence-corrected chi connectivity index (χ3v) is 3.57. The van der Waals surface area contributed by atoms with Gasteiger partial charge in [-0.1, -0.05) is 17.7 Å². The molecule has 1 saturated heterocycles. The second kappa shape index (κ2) is 6.85. The van der Waals surface area contributed by atoms with E-state index in [0.29, 0.717) is 17.3 Å². The lowest BCUT2D eigenvalue weighted by Crippen LogP contribution is -2.31. The Hall–Kier alpha value is -1.98. The SMILES string of the molecule is O=C(NC[C@@H]1CCCO1)c1ccc(Oc2cccc(Cl)c2)o1. The summed E-state index contributed by atoms with van der Waals surface area (Å²) in [5, 5.41) is 3.36. The third-order valence-electron chi connectivity index (χ3n) is 3.33. The Morgan fingerprint density at radius 2 is 2.27 bits per heavy atom. The number of hydrogen-bond acceptors (Lipinski definition) is 4. The summed E-state index contributed by atoms with van der Waals surface area (Å²) in [6.07, 6.45) is 2.11. The van der Waals surface area contributed by atoms with Crippen molar-refractivity contribution >= 4 is 17.5 Å². The summed E-state index contributed by atoms with van der Waals surface area (Å²) < 4.78 is 16.4. The fourth-order valence-corrected chi connectivity index (χ4v) is 2.42. The molecule has 116 valence electrons.